The van der Waals surface area contributed by atoms with Crippen LogP contribution < -0.4 is 0 Å². The van der Waals surface area contributed by atoms with Gasteiger partial charge in [-0.25, -0.2) is 0 Å². The van der Waals surface area contributed by atoms with Crippen LogP contribution in [0.3, 0.4) is 0 Å². The van der Waals surface area contributed by atoms with E-state index in [1.807, 2.05) is 36.7 Å². The highest BCUT2D eigenvalue weighted by Gasteiger charge is 2.07. The summed E-state index contributed by atoms with van der Waals surface area (Å²) < 4.78 is 0. The van der Waals surface area contributed by atoms with Gasteiger partial charge in [0.1, 0.15) is 0 Å². The van der Waals surface area contributed by atoms with E-state index in [1.54, 1.807) is 0 Å². The molecule has 2 heterocycles. The normalized spacial score (nSPS) is 11.0. The van der Waals surface area contributed by atoms with Crippen LogP contribution in [0.15, 0.2) is 67.0 Å². The summed E-state index contributed by atoms with van der Waals surface area (Å²) in [5.74, 6) is 0. The van der Waals surface area contributed by atoms with Crippen LogP contribution in [-0.2, 0) is 0 Å². The van der Waals surface area contributed by atoms with Crippen molar-refractivity contribution in [1.29, 1.82) is 0 Å². The second kappa shape index (κ2) is 4.42. The quantitative estimate of drug-likeness (QED) is 0.475. The number of benzene rings is 2. The van der Waals surface area contributed by atoms with Crippen molar-refractivity contribution in [3.8, 4) is 11.1 Å². The van der Waals surface area contributed by atoms with Crippen molar-refractivity contribution in [2.75, 3.05) is 0 Å². The first-order valence-corrected chi connectivity index (χ1v) is 6.52. The molecule has 0 spiro atoms. The first kappa shape index (κ1) is 11.1. The summed E-state index contributed by atoms with van der Waals surface area (Å²) in [6, 6.07) is 21.3. The minimum absolute atomic E-state index is 0.952. The summed E-state index contributed by atoms with van der Waals surface area (Å²) in [6.45, 7) is 0. The molecule has 2 aromatic heterocycles. The smallest absolute Gasteiger partial charge is 0.0970 e. The zero-order valence-corrected chi connectivity index (χ0v) is 10.7. The van der Waals surface area contributed by atoms with Gasteiger partial charge in [-0.05, 0) is 29.3 Å². The fraction of sp³-hybridized carbons (Fsp3) is 0. The largest absolute Gasteiger partial charge is 0.254 e. The molecule has 4 rings (SSSR count). The zero-order chi connectivity index (χ0) is 13.4. The van der Waals surface area contributed by atoms with Crippen molar-refractivity contribution in [1.82, 2.24) is 9.97 Å². The Hall–Kier alpha value is -2.74. The topological polar surface area (TPSA) is 25.8 Å². The molecule has 0 fully saturated rings. The summed E-state index contributed by atoms with van der Waals surface area (Å²) in [5.41, 5.74) is 4.26. The molecule has 0 saturated heterocycles. The van der Waals surface area contributed by atoms with Gasteiger partial charge in [0, 0.05) is 23.2 Å². The van der Waals surface area contributed by atoms with Gasteiger partial charge in [0.05, 0.1) is 11.0 Å². The summed E-state index contributed by atoms with van der Waals surface area (Å²) in [7, 11) is 0. The molecule has 1 radical (unpaired) electrons. The van der Waals surface area contributed by atoms with Crippen molar-refractivity contribution >= 4 is 21.8 Å². The van der Waals surface area contributed by atoms with Crippen LogP contribution in [-0.4, -0.2) is 9.97 Å². The molecule has 93 valence electrons. The van der Waals surface area contributed by atoms with E-state index in [-0.39, 0.29) is 0 Å². The van der Waals surface area contributed by atoms with Crippen LogP contribution in [0.2, 0.25) is 0 Å². The summed E-state index contributed by atoms with van der Waals surface area (Å²) in [5, 5.41) is 2.25. The molecule has 2 nitrogen and oxygen atoms in total. The third kappa shape index (κ3) is 1.66. The summed E-state index contributed by atoms with van der Waals surface area (Å²) >= 11 is 0. The van der Waals surface area contributed by atoms with Gasteiger partial charge in [-0.15, -0.1) is 0 Å². The van der Waals surface area contributed by atoms with E-state index in [0.29, 0.717) is 0 Å². The summed E-state index contributed by atoms with van der Waals surface area (Å²) in [4.78, 5) is 9.00. The Kier molecular flexibility index (Phi) is 2.46. The molecule has 0 aliphatic heterocycles. The van der Waals surface area contributed by atoms with E-state index in [4.69, 9.17) is 0 Å². The lowest BCUT2D eigenvalue weighted by atomic mass is 10.00. The maximum atomic E-state index is 4.53. The van der Waals surface area contributed by atoms with Gasteiger partial charge in [-0.1, -0.05) is 42.5 Å². The molecule has 0 atom stereocenters. The van der Waals surface area contributed by atoms with Crippen LogP contribution in [0, 0.1) is 6.07 Å². The van der Waals surface area contributed by atoms with Crippen molar-refractivity contribution in [2.24, 2.45) is 0 Å². The number of nitrogens with zero attached hydrogens (tertiary/aromatic N) is 2. The second-order valence-corrected chi connectivity index (χ2v) is 4.68. The van der Waals surface area contributed by atoms with Crippen LogP contribution >= 0.6 is 0 Å². The molecule has 0 aliphatic carbocycles. The molecule has 0 N–H and O–H groups in total. The van der Waals surface area contributed by atoms with Crippen LogP contribution in [0.4, 0.5) is 0 Å². The van der Waals surface area contributed by atoms with Gasteiger partial charge in [0.15, 0.2) is 0 Å². The molecule has 2 aromatic carbocycles. The van der Waals surface area contributed by atoms with E-state index in [1.165, 1.54) is 11.1 Å². The van der Waals surface area contributed by atoms with Crippen molar-refractivity contribution in [3.63, 3.8) is 0 Å². The molecule has 0 bridgehead atoms. The molecule has 0 amide bonds. The van der Waals surface area contributed by atoms with Gasteiger partial charge in [-0.2, -0.15) is 0 Å². The minimum Gasteiger partial charge on any atom is -0.254 e. The summed E-state index contributed by atoms with van der Waals surface area (Å²) in [6.07, 6.45) is 3.66. The van der Waals surface area contributed by atoms with Crippen molar-refractivity contribution in [2.45, 2.75) is 0 Å². The molecule has 20 heavy (non-hydrogen) atoms. The number of hydrogen-bond acceptors (Lipinski definition) is 2. The second-order valence-electron chi connectivity index (χ2n) is 4.68. The van der Waals surface area contributed by atoms with Gasteiger partial charge in [0.25, 0.3) is 0 Å². The highest BCUT2D eigenvalue weighted by Crippen LogP contribution is 2.30. The highest BCUT2D eigenvalue weighted by atomic mass is 14.7. The maximum absolute atomic E-state index is 4.53. The van der Waals surface area contributed by atoms with Gasteiger partial charge >= 0.3 is 0 Å². The molecular weight excluding hydrogens is 244 g/mol. The Morgan fingerprint density at radius 1 is 0.750 bits per heavy atom. The SMILES string of the molecule is [c]1ccc(-c2ccnc3c2ccc2cccnc23)cc1. The van der Waals surface area contributed by atoms with Crippen molar-refractivity contribution in [3.05, 3.63) is 73.1 Å². The maximum Gasteiger partial charge on any atom is 0.0970 e. The average Bonchev–Trinajstić information content (AvgIpc) is 2.55. The molecular formula is C18H11N2. The van der Waals surface area contributed by atoms with E-state index in [2.05, 4.69) is 46.4 Å². The lowest BCUT2D eigenvalue weighted by Gasteiger charge is -2.07. The van der Waals surface area contributed by atoms with E-state index in [9.17, 15) is 0 Å². The van der Waals surface area contributed by atoms with E-state index in [0.717, 1.165) is 21.8 Å². The van der Waals surface area contributed by atoms with Gasteiger partial charge in [-0.3, -0.25) is 9.97 Å². The van der Waals surface area contributed by atoms with Crippen LogP contribution in [0.25, 0.3) is 32.9 Å². The number of aromatic nitrogens is 2. The Bertz CT molecular complexity index is 899. The monoisotopic (exact) mass is 255 g/mol. The van der Waals surface area contributed by atoms with Gasteiger partial charge in [0.2, 0.25) is 0 Å². The molecule has 0 saturated carbocycles. The van der Waals surface area contributed by atoms with Crippen LogP contribution in [0.5, 0.6) is 0 Å². The number of rotatable bonds is 1. The Morgan fingerprint density at radius 2 is 1.60 bits per heavy atom. The van der Waals surface area contributed by atoms with Gasteiger partial charge < -0.3 is 0 Å². The fourth-order valence-electron chi connectivity index (χ4n) is 2.57. The third-order valence-electron chi connectivity index (χ3n) is 3.51. The highest BCUT2D eigenvalue weighted by molar-refractivity contribution is 6.07. The number of hydrogen-bond donors (Lipinski definition) is 0. The minimum atomic E-state index is 0.952. The zero-order valence-electron chi connectivity index (χ0n) is 10.7. The van der Waals surface area contributed by atoms with E-state index < -0.39 is 0 Å². The van der Waals surface area contributed by atoms with E-state index >= 15 is 0 Å². The predicted molar refractivity (Wildman–Crippen MR) is 81.3 cm³/mol. The van der Waals surface area contributed by atoms with Crippen molar-refractivity contribution < 1.29 is 0 Å². The fourth-order valence-corrected chi connectivity index (χ4v) is 2.57. The average molecular weight is 255 g/mol. The first-order chi connectivity index (χ1) is 9.93. The lowest BCUT2D eigenvalue weighted by molar-refractivity contribution is 1.37. The Balaban J connectivity index is 2.12. The molecule has 4 aromatic rings. The standard InChI is InChI=1S/C18H11N2/c1-2-5-13(6-3-1)15-10-12-20-18-16(15)9-8-14-7-4-11-19-17(14)18/h2-12H. The van der Waals surface area contributed by atoms with Crippen LogP contribution in [0.1, 0.15) is 0 Å². The third-order valence-corrected chi connectivity index (χ3v) is 3.51. The molecule has 0 unspecified atom stereocenters. The lowest BCUT2D eigenvalue weighted by Crippen LogP contribution is -1.87. The molecule has 0 aliphatic rings. The predicted octanol–water partition coefficient (Wildman–Crippen LogP) is 4.25. The first-order valence-electron chi connectivity index (χ1n) is 6.52. The number of fused-ring (bicyclic) bond motifs is 3. The molecule has 2 heteroatoms. The Morgan fingerprint density at radius 3 is 2.50 bits per heavy atom. The number of pyridine rings is 2. The Labute approximate surface area is 116 Å².